The first-order valence-electron chi connectivity index (χ1n) is 10.4. The fourth-order valence-electron chi connectivity index (χ4n) is 4.21. The summed E-state index contributed by atoms with van der Waals surface area (Å²) in [6.07, 6.45) is 5.05. The Morgan fingerprint density at radius 3 is 2.60 bits per heavy atom. The van der Waals surface area contributed by atoms with E-state index < -0.39 is 0 Å². The Morgan fingerprint density at radius 2 is 1.87 bits per heavy atom. The van der Waals surface area contributed by atoms with Crippen molar-refractivity contribution in [3.8, 4) is 5.69 Å². The van der Waals surface area contributed by atoms with Crippen molar-refractivity contribution in [1.82, 2.24) is 24.7 Å². The minimum atomic E-state index is 0.00993. The molecule has 0 unspecified atom stereocenters. The van der Waals surface area contributed by atoms with E-state index in [9.17, 15) is 0 Å². The summed E-state index contributed by atoms with van der Waals surface area (Å²) in [5, 5.41) is 4.36. The van der Waals surface area contributed by atoms with E-state index in [2.05, 4.69) is 94.3 Å². The summed E-state index contributed by atoms with van der Waals surface area (Å²) >= 11 is 5.80. The molecule has 156 valence electrons. The van der Waals surface area contributed by atoms with Crippen molar-refractivity contribution >= 4 is 17.3 Å². The summed E-state index contributed by atoms with van der Waals surface area (Å²) in [4.78, 5) is 9.20. The van der Waals surface area contributed by atoms with Crippen LogP contribution >= 0.6 is 12.2 Å². The maximum Gasteiger partial charge on any atom is 0.170 e. The highest BCUT2D eigenvalue weighted by Crippen LogP contribution is 2.39. The summed E-state index contributed by atoms with van der Waals surface area (Å²) in [6.45, 7) is 4.08. The van der Waals surface area contributed by atoms with Crippen LogP contribution in [-0.4, -0.2) is 51.6 Å². The molecule has 4 rings (SSSR count). The summed E-state index contributed by atoms with van der Waals surface area (Å²) in [5.41, 5.74) is 4.68. The number of nitrogens with zero attached hydrogens (tertiary/aromatic N) is 4. The Bertz CT molecular complexity index is 998. The SMILES string of the molecule is Cc1ccccc1-n1cccc1[C@H]1[C@H](c2ccccn2)NC(=S)N1CCCN(C)C. The quantitative estimate of drug-likeness (QED) is 0.584. The summed E-state index contributed by atoms with van der Waals surface area (Å²) in [6, 6.07) is 19.0. The molecule has 1 aliphatic rings. The highest BCUT2D eigenvalue weighted by Gasteiger charge is 2.41. The number of pyridine rings is 1. The fraction of sp³-hybridized carbons (Fsp3) is 0.333. The van der Waals surface area contributed by atoms with Crippen LogP contribution in [0.1, 0.15) is 35.5 Å². The number of rotatable bonds is 7. The number of aryl methyl sites for hydroxylation is 1. The van der Waals surface area contributed by atoms with Gasteiger partial charge in [-0.25, -0.2) is 0 Å². The Hall–Kier alpha value is -2.70. The minimum absolute atomic E-state index is 0.00993. The molecule has 1 saturated heterocycles. The van der Waals surface area contributed by atoms with Crippen molar-refractivity contribution in [2.24, 2.45) is 0 Å². The van der Waals surface area contributed by atoms with Crippen LogP contribution in [0.15, 0.2) is 67.0 Å². The van der Waals surface area contributed by atoms with Gasteiger partial charge < -0.3 is 19.7 Å². The van der Waals surface area contributed by atoms with E-state index in [1.807, 2.05) is 18.3 Å². The van der Waals surface area contributed by atoms with Gasteiger partial charge >= 0.3 is 0 Å². The fourth-order valence-corrected chi connectivity index (χ4v) is 4.55. The second kappa shape index (κ2) is 8.98. The van der Waals surface area contributed by atoms with Gasteiger partial charge in [0.15, 0.2) is 5.11 Å². The molecule has 2 aromatic heterocycles. The first-order valence-corrected chi connectivity index (χ1v) is 10.8. The van der Waals surface area contributed by atoms with Crippen LogP contribution < -0.4 is 5.32 Å². The number of hydrogen-bond donors (Lipinski definition) is 1. The molecule has 0 saturated carbocycles. The molecule has 0 radical (unpaired) electrons. The first kappa shape index (κ1) is 20.6. The lowest BCUT2D eigenvalue weighted by Gasteiger charge is -2.29. The molecule has 30 heavy (non-hydrogen) atoms. The van der Waals surface area contributed by atoms with Gasteiger partial charge in [0.25, 0.3) is 0 Å². The zero-order valence-electron chi connectivity index (χ0n) is 17.8. The van der Waals surface area contributed by atoms with Crippen molar-refractivity contribution < 1.29 is 0 Å². The standard InChI is InChI=1S/C24H29N5S/c1-18-10-4-5-12-20(18)28-16-8-13-21(28)23-22(19-11-6-7-14-25-19)26-24(30)29(23)17-9-15-27(2)3/h4-8,10-14,16,22-23H,9,15,17H2,1-3H3,(H,26,30)/t22-,23-/m0/s1. The van der Waals surface area contributed by atoms with E-state index in [1.54, 1.807) is 0 Å². The second-order valence-electron chi connectivity index (χ2n) is 8.07. The van der Waals surface area contributed by atoms with Gasteiger partial charge in [-0.3, -0.25) is 4.98 Å². The van der Waals surface area contributed by atoms with Gasteiger partial charge in [-0.1, -0.05) is 24.3 Å². The molecule has 1 fully saturated rings. The molecular weight excluding hydrogens is 390 g/mol. The summed E-state index contributed by atoms with van der Waals surface area (Å²) < 4.78 is 2.30. The van der Waals surface area contributed by atoms with Gasteiger partial charge in [0.05, 0.1) is 17.8 Å². The molecule has 0 aliphatic carbocycles. The lowest BCUT2D eigenvalue weighted by molar-refractivity contribution is 0.286. The molecule has 0 spiro atoms. The van der Waals surface area contributed by atoms with Gasteiger partial charge in [-0.15, -0.1) is 0 Å². The van der Waals surface area contributed by atoms with Crippen LogP contribution in [-0.2, 0) is 0 Å². The van der Waals surface area contributed by atoms with E-state index in [0.717, 1.165) is 30.3 Å². The molecule has 2 atom stereocenters. The van der Waals surface area contributed by atoms with Crippen molar-refractivity contribution in [2.75, 3.05) is 27.2 Å². The Balaban J connectivity index is 1.75. The number of para-hydroxylation sites is 1. The van der Waals surface area contributed by atoms with Crippen LogP contribution in [0.4, 0.5) is 0 Å². The van der Waals surface area contributed by atoms with E-state index >= 15 is 0 Å². The Morgan fingerprint density at radius 1 is 1.07 bits per heavy atom. The van der Waals surface area contributed by atoms with E-state index in [0.29, 0.717) is 0 Å². The highest BCUT2D eigenvalue weighted by atomic mass is 32.1. The molecule has 1 aromatic carbocycles. The van der Waals surface area contributed by atoms with Gasteiger partial charge in [0.2, 0.25) is 0 Å². The first-order chi connectivity index (χ1) is 14.6. The third-order valence-electron chi connectivity index (χ3n) is 5.66. The average Bonchev–Trinajstić information content (AvgIpc) is 3.33. The number of nitrogens with one attached hydrogen (secondary N) is 1. The van der Waals surface area contributed by atoms with E-state index in [1.165, 1.54) is 16.9 Å². The maximum absolute atomic E-state index is 5.80. The number of benzene rings is 1. The summed E-state index contributed by atoms with van der Waals surface area (Å²) in [5.74, 6) is 0. The lowest BCUT2D eigenvalue weighted by atomic mass is 10.0. The highest BCUT2D eigenvalue weighted by molar-refractivity contribution is 7.80. The topological polar surface area (TPSA) is 36.3 Å². The van der Waals surface area contributed by atoms with Gasteiger partial charge in [0, 0.05) is 30.3 Å². The van der Waals surface area contributed by atoms with Crippen LogP contribution in [0.2, 0.25) is 0 Å². The Kier molecular flexibility index (Phi) is 6.16. The number of thiocarbonyl (C=S) groups is 1. The molecule has 3 aromatic rings. The molecule has 6 heteroatoms. The molecule has 1 aliphatic heterocycles. The summed E-state index contributed by atoms with van der Waals surface area (Å²) in [7, 11) is 4.22. The van der Waals surface area contributed by atoms with Gasteiger partial charge in [-0.05, 0) is 82.1 Å². The molecular formula is C24H29N5S. The third-order valence-corrected chi connectivity index (χ3v) is 6.01. The van der Waals surface area contributed by atoms with Crippen LogP contribution in [0, 0.1) is 6.92 Å². The minimum Gasteiger partial charge on any atom is -0.352 e. The van der Waals surface area contributed by atoms with Crippen molar-refractivity contribution in [3.05, 3.63) is 83.9 Å². The van der Waals surface area contributed by atoms with Crippen molar-refractivity contribution in [1.29, 1.82) is 0 Å². The number of aromatic nitrogens is 2. The van der Waals surface area contributed by atoms with Crippen LogP contribution in [0.3, 0.4) is 0 Å². The maximum atomic E-state index is 5.80. The van der Waals surface area contributed by atoms with E-state index in [4.69, 9.17) is 12.2 Å². The second-order valence-corrected chi connectivity index (χ2v) is 8.45. The van der Waals surface area contributed by atoms with Crippen molar-refractivity contribution in [3.63, 3.8) is 0 Å². The van der Waals surface area contributed by atoms with Crippen LogP contribution in [0.25, 0.3) is 5.69 Å². The Labute approximate surface area is 184 Å². The predicted octanol–water partition coefficient (Wildman–Crippen LogP) is 4.10. The number of hydrogen-bond acceptors (Lipinski definition) is 3. The van der Waals surface area contributed by atoms with Gasteiger partial charge in [-0.2, -0.15) is 0 Å². The molecule has 0 amide bonds. The largest absolute Gasteiger partial charge is 0.352 e. The lowest BCUT2D eigenvalue weighted by Crippen LogP contribution is -2.33. The molecule has 5 nitrogen and oxygen atoms in total. The van der Waals surface area contributed by atoms with Gasteiger partial charge in [0.1, 0.15) is 0 Å². The smallest absolute Gasteiger partial charge is 0.170 e. The molecule has 0 bridgehead atoms. The molecule has 1 N–H and O–H groups in total. The zero-order valence-corrected chi connectivity index (χ0v) is 18.6. The van der Waals surface area contributed by atoms with Crippen LogP contribution in [0.5, 0.6) is 0 Å². The normalized spacial score (nSPS) is 18.8. The van der Waals surface area contributed by atoms with Crippen molar-refractivity contribution in [2.45, 2.75) is 25.4 Å². The predicted molar refractivity (Wildman–Crippen MR) is 126 cm³/mol. The monoisotopic (exact) mass is 419 g/mol. The molecule has 3 heterocycles. The van der Waals surface area contributed by atoms with E-state index in [-0.39, 0.29) is 12.1 Å². The third kappa shape index (κ3) is 4.11. The average molecular weight is 420 g/mol. The zero-order chi connectivity index (χ0) is 21.1.